The standard InChI is InChI=1S/C21H23ClN4O3S2/c1-15-14-30-21(23-15)19-11-18(31(28,29)24-17-7-5-16(22)6-8-17)12-26(19)13-20(27)25-9-3-2-4-10-25/h5-8,11-12,14,24H,2-4,9-10,13H2,1H3. The van der Waals surface area contributed by atoms with Crippen LogP contribution in [0.4, 0.5) is 5.69 Å². The van der Waals surface area contributed by atoms with Gasteiger partial charge < -0.3 is 9.47 Å². The predicted octanol–water partition coefficient (Wildman–Crippen LogP) is 4.39. The Balaban J connectivity index is 1.65. The lowest BCUT2D eigenvalue weighted by molar-refractivity contribution is -0.132. The molecule has 3 aromatic rings. The number of rotatable bonds is 6. The van der Waals surface area contributed by atoms with Gasteiger partial charge in [-0.05, 0) is 56.5 Å². The van der Waals surface area contributed by atoms with E-state index in [-0.39, 0.29) is 17.3 Å². The molecule has 31 heavy (non-hydrogen) atoms. The number of carbonyl (C=O) groups is 1. The Morgan fingerprint density at radius 3 is 2.55 bits per heavy atom. The van der Waals surface area contributed by atoms with E-state index < -0.39 is 10.0 Å². The third-order valence-electron chi connectivity index (χ3n) is 5.13. The Morgan fingerprint density at radius 2 is 1.90 bits per heavy atom. The Labute approximate surface area is 190 Å². The normalized spacial score (nSPS) is 14.6. The van der Waals surface area contributed by atoms with Crippen molar-refractivity contribution in [1.82, 2.24) is 14.5 Å². The number of hydrogen-bond acceptors (Lipinski definition) is 5. The average Bonchev–Trinajstić information content (AvgIpc) is 3.37. The molecule has 0 unspecified atom stereocenters. The number of halogens is 1. The first kappa shape index (κ1) is 21.9. The van der Waals surface area contributed by atoms with Crippen LogP contribution < -0.4 is 4.72 Å². The lowest BCUT2D eigenvalue weighted by Crippen LogP contribution is -2.37. The minimum Gasteiger partial charge on any atom is -0.341 e. The molecule has 164 valence electrons. The summed E-state index contributed by atoms with van der Waals surface area (Å²) in [5, 5.41) is 3.10. The van der Waals surface area contributed by atoms with Gasteiger partial charge in [0, 0.05) is 41.1 Å². The van der Waals surface area contributed by atoms with E-state index in [1.54, 1.807) is 34.9 Å². The van der Waals surface area contributed by atoms with Crippen LogP contribution in [0.25, 0.3) is 10.7 Å². The minimum absolute atomic E-state index is 0.0144. The molecule has 0 radical (unpaired) electrons. The summed E-state index contributed by atoms with van der Waals surface area (Å²) in [6.07, 6.45) is 4.64. The van der Waals surface area contributed by atoms with Gasteiger partial charge in [0.25, 0.3) is 10.0 Å². The maximum absolute atomic E-state index is 13.0. The molecule has 10 heteroatoms. The van der Waals surface area contributed by atoms with E-state index in [4.69, 9.17) is 11.6 Å². The van der Waals surface area contributed by atoms with Gasteiger partial charge in [-0.15, -0.1) is 11.3 Å². The molecule has 0 aliphatic carbocycles. The number of amides is 1. The third kappa shape index (κ3) is 5.11. The Bertz CT molecular complexity index is 1180. The molecule has 1 N–H and O–H groups in total. The summed E-state index contributed by atoms with van der Waals surface area (Å²) in [5.41, 5.74) is 1.87. The van der Waals surface area contributed by atoms with E-state index in [2.05, 4.69) is 9.71 Å². The van der Waals surface area contributed by atoms with E-state index in [9.17, 15) is 13.2 Å². The zero-order chi connectivity index (χ0) is 22.0. The molecular weight excluding hydrogens is 456 g/mol. The largest absolute Gasteiger partial charge is 0.341 e. The summed E-state index contributed by atoms with van der Waals surface area (Å²) in [6.45, 7) is 3.44. The first-order valence-electron chi connectivity index (χ1n) is 10.0. The van der Waals surface area contributed by atoms with E-state index in [0.29, 0.717) is 21.4 Å². The molecule has 2 aromatic heterocycles. The SMILES string of the molecule is Cc1csc(-c2cc(S(=O)(=O)Nc3ccc(Cl)cc3)cn2CC(=O)N2CCCCC2)n1. The van der Waals surface area contributed by atoms with Crippen molar-refractivity contribution in [2.24, 2.45) is 0 Å². The van der Waals surface area contributed by atoms with Gasteiger partial charge in [-0.2, -0.15) is 0 Å². The van der Waals surface area contributed by atoms with Crippen molar-refractivity contribution >= 4 is 44.6 Å². The maximum Gasteiger partial charge on any atom is 0.263 e. The maximum atomic E-state index is 13.0. The van der Waals surface area contributed by atoms with Crippen LogP contribution in [0.2, 0.25) is 5.02 Å². The summed E-state index contributed by atoms with van der Waals surface area (Å²) >= 11 is 7.31. The van der Waals surface area contributed by atoms with Gasteiger partial charge in [-0.3, -0.25) is 9.52 Å². The molecule has 1 aromatic carbocycles. The van der Waals surface area contributed by atoms with Crippen LogP contribution in [-0.4, -0.2) is 41.9 Å². The number of aromatic nitrogens is 2. The molecule has 1 fully saturated rings. The number of piperidine rings is 1. The zero-order valence-corrected chi connectivity index (χ0v) is 19.4. The quantitative estimate of drug-likeness (QED) is 0.569. The van der Waals surface area contributed by atoms with Gasteiger partial charge in [0.05, 0.1) is 5.69 Å². The van der Waals surface area contributed by atoms with E-state index in [1.807, 2.05) is 17.2 Å². The highest BCUT2D eigenvalue weighted by molar-refractivity contribution is 7.92. The molecule has 0 spiro atoms. The van der Waals surface area contributed by atoms with Crippen molar-refractivity contribution in [3.8, 4) is 10.7 Å². The molecule has 0 atom stereocenters. The Hall–Kier alpha value is -2.36. The van der Waals surface area contributed by atoms with Crippen LogP contribution in [0.5, 0.6) is 0 Å². The highest BCUT2D eigenvalue weighted by atomic mass is 35.5. The van der Waals surface area contributed by atoms with Crippen LogP contribution in [-0.2, 0) is 21.4 Å². The van der Waals surface area contributed by atoms with Crippen molar-refractivity contribution in [3.63, 3.8) is 0 Å². The first-order chi connectivity index (χ1) is 14.8. The van der Waals surface area contributed by atoms with Crippen LogP contribution in [0.15, 0.2) is 46.8 Å². The van der Waals surface area contributed by atoms with Crippen LogP contribution >= 0.6 is 22.9 Å². The van der Waals surface area contributed by atoms with Crippen molar-refractivity contribution in [1.29, 1.82) is 0 Å². The van der Waals surface area contributed by atoms with E-state index in [1.165, 1.54) is 17.5 Å². The van der Waals surface area contributed by atoms with Crippen molar-refractivity contribution < 1.29 is 13.2 Å². The molecule has 1 amide bonds. The van der Waals surface area contributed by atoms with Gasteiger partial charge in [0.2, 0.25) is 5.91 Å². The van der Waals surface area contributed by atoms with Gasteiger partial charge in [0.1, 0.15) is 16.4 Å². The number of aryl methyl sites for hydroxylation is 1. The van der Waals surface area contributed by atoms with Gasteiger partial charge in [0.15, 0.2) is 0 Å². The number of thiazole rings is 1. The van der Waals surface area contributed by atoms with Crippen LogP contribution in [0.1, 0.15) is 25.0 Å². The highest BCUT2D eigenvalue weighted by Gasteiger charge is 2.24. The second-order valence-corrected chi connectivity index (χ2v) is 10.5. The van der Waals surface area contributed by atoms with Crippen LogP contribution in [0.3, 0.4) is 0 Å². The average molecular weight is 479 g/mol. The van der Waals surface area contributed by atoms with Gasteiger partial charge in [-0.25, -0.2) is 13.4 Å². The molecule has 1 aliphatic rings. The summed E-state index contributed by atoms with van der Waals surface area (Å²) in [4.78, 5) is 19.3. The number of carbonyl (C=O) groups excluding carboxylic acids is 1. The van der Waals surface area contributed by atoms with Crippen molar-refractivity contribution in [3.05, 3.63) is 52.6 Å². The second-order valence-electron chi connectivity index (χ2n) is 7.54. The second kappa shape index (κ2) is 9.02. The Kier molecular flexibility index (Phi) is 6.36. The molecule has 0 bridgehead atoms. The molecular formula is C21H23ClN4O3S2. The Morgan fingerprint density at radius 1 is 1.19 bits per heavy atom. The fourth-order valence-corrected chi connectivity index (χ4v) is 5.58. The third-order valence-corrected chi connectivity index (χ3v) is 7.71. The molecule has 1 saturated heterocycles. The molecule has 0 saturated carbocycles. The smallest absolute Gasteiger partial charge is 0.263 e. The topological polar surface area (TPSA) is 84.3 Å². The molecule has 7 nitrogen and oxygen atoms in total. The first-order valence-corrected chi connectivity index (χ1v) is 12.7. The van der Waals surface area contributed by atoms with Crippen LogP contribution in [0, 0.1) is 6.92 Å². The van der Waals surface area contributed by atoms with E-state index >= 15 is 0 Å². The van der Waals surface area contributed by atoms with Gasteiger partial charge >= 0.3 is 0 Å². The summed E-state index contributed by atoms with van der Waals surface area (Å²) < 4.78 is 30.3. The summed E-state index contributed by atoms with van der Waals surface area (Å²) in [6, 6.07) is 8.00. The lowest BCUT2D eigenvalue weighted by atomic mass is 10.1. The lowest BCUT2D eigenvalue weighted by Gasteiger charge is -2.27. The summed E-state index contributed by atoms with van der Waals surface area (Å²) in [5.74, 6) is -0.0144. The molecule has 4 rings (SSSR count). The summed E-state index contributed by atoms with van der Waals surface area (Å²) in [7, 11) is -3.85. The monoisotopic (exact) mass is 478 g/mol. The van der Waals surface area contributed by atoms with E-state index in [0.717, 1.165) is 38.0 Å². The number of hydrogen-bond donors (Lipinski definition) is 1. The van der Waals surface area contributed by atoms with Crippen molar-refractivity contribution in [2.45, 2.75) is 37.6 Å². The number of benzene rings is 1. The minimum atomic E-state index is -3.85. The predicted molar refractivity (Wildman–Crippen MR) is 123 cm³/mol. The number of nitrogens with one attached hydrogen (secondary N) is 1. The number of likely N-dealkylation sites (tertiary alicyclic amines) is 1. The molecule has 3 heterocycles. The number of sulfonamides is 1. The molecule has 1 aliphatic heterocycles. The highest BCUT2D eigenvalue weighted by Crippen LogP contribution is 2.29. The number of anilines is 1. The zero-order valence-electron chi connectivity index (χ0n) is 17.0. The van der Waals surface area contributed by atoms with Crippen molar-refractivity contribution in [2.75, 3.05) is 17.8 Å². The fourth-order valence-electron chi connectivity index (χ4n) is 3.53. The van der Waals surface area contributed by atoms with Gasteiger partial charge in [-0.1, -0.05) is 11.6 Å². The fraction of sp³-hybridized carbons (Fsp3) is 0.333. The number of nitrogens with zero attached hydrogens (tertiary/aromatic N) is 3.